The lowest BCUT2D eigenvalue weighted by Crippen LogP contribution is -1.96. The highest BCUT2D eigenvalue weighted by Crippen LogP contribution is 2.32. The highest BCUT2D eigenvalue weighted by atomic mass is 16.3. The number of fused-ring (bicyclic) bond motifs is 2. The first kappa shape index (κ1) is 31.7. The van der Waals surface area contributed by atoms with Gasteiger partial charge in [-0.15, -0.1) is 0 Å². The molecule has 0 aliphatic carbocycles. The number of nitrogens with two attached hydrogens (primary N) is 1. The lowest BCUT2D eigenvalue weighted by Gasteiger charge is -2.10. The fourth-order valence-corrected chi connectivity index (χ4v) is 4.76. The molecule has 0 fully saturated rings. The van der Waals surface area contributed by atoms with Gasteiger partial charge >= 0.3 is 0 Å². The molecular formula is C36H39N5O3. The van der Waals surface area contributed by atoms with Crippen LogP contribution in [-0.2, 0) is 0 Å². The Hall–Kier alpha value is -5.24. The number of phenolic OH excluding ortho intramolecular Hbond substituents is 1. The van der Waals surface area contributed by atoms with Crippen LogP contribution in [0, 0.1) is 0 Å². The number of nitrogens with zero attached hydrogens (tertiary/aromatic N) is 4. The normalized spacial score (nSPS) is 10.8. The lowest BCUT2D eigenvalue weighted by atomic mass is 10.0. The summed E-state index contributed by atoms with van der Waals surface area (Å²) in [6.07, 6.45) is 5.16. The van der Waals surface area contributed by atoms with Crippen LogP contribution in [0.15, 0.2) is 85.3 Å². The monoisotopic (exact) mass is 589 g/mol. The molecule has 2 aromatic carbocycles. The summed E-state index contributed by atoms with van der Waals surface area (Å²) in [6.45, 7) is 12.0. The summed E-state index contributed by atoms with van der Waals surface area (Å²) in [4.78, 5) is 17.6. The molecule has 6 aromatic rings. The predicted octanol–water partition coefficient (Wildman–Crippen LogP) is 8.57. The molecule has 0 unspecified atom stereocenters. The zero-order valence-electron chi connectivity index (χ0n) is 25.9. The molecule has 0 bridgehead atoms. The maximum atomic E-state index is 10.1. The summed E-state index contributed by atoms with van der Waals surface area (Å²) in [7, 11) is 0. The van der Waals surface area contributed by atoms with Crippen LogP contribution < -0.4 is 5.73 Å². The van der Waals surface area contributed by atoms with E-state index >= 15 is 0 Å². The van der Waals surface area contributed by atoms with E-state index in [-0.39, 0.29) is 29.1 Å². The number of nitrogen functional groups attached to an aromatic ring is 1. The minimum Gasteiger partial charge on any atom is -0.507 e. The van der Waals surface area contributed by atoms with E-state index in [1.807, 2.05) is 84.0 Å². The van der Waals surface area contributed by atoms with Crippen molar-refractivity contribution in [1.29, 1.82) is 0 Å². The van der Waals surface area contributed by atoms with Gasteiger partial charge in [-0.2, -0.15) is 0 Å². The standard InChI is InChI=1S/C17H17N3O.C17H16N2O2.C2H6/c1-10(2)17-16(21)7-11(9-19-17)15-8-13(18)12-5-3-4-6-14(12)20-15;1-10(2)17-16(21)7-12(9-19-17)11-6-13-14(18-8-11)4-3-5-15(13)20;1-2/h3-10,21H,1-2H3,(H2,18,20);3-10,20-21H,1-2H3;1-2H3. The highest BCUT2D eigenvalue weighted by molar-refractivity contribution is 5.92. The molecule has 6 rings (SSSR count). The van der Waals surface area contributed by atoms with Crippen LogP contribution in [0.25, 0.3) is 44.2 Å². The molecular weight excluding hydrogens is 550 g/mol. The Balaban J connectivity index is 0.000000190. The number of aromatic hydroxyl groups is 3. The van der Waals surface area contributed by atoms with E-state index < -0.39 is 0 Å². The van der Waals surface area contributed by atoms with Gasteiger partial charge in [-0.05, 0) is 54.3 Å². The van der Waals surface area contributed by atoms with Crippen molar-refractivity contribution in [2.75, 3.05) is 5.73 Å². The Morgan fingerprint density at radius 1 is 0.568 bits per heavy atom. The van der Waals surface area contributed by atoms with Gasteiger partial charge in [0.05, 0.1) is 28.1 Å². The van der Waals surface area contributed by atoms with Crippen molar-refractivity contribution in [3.8, 4) is 39.6 Å². The van der Waals surface area contributed by atoms with Crippen LogP contribution in [0.4, 0.5) is 5.69 Å². The van der Waals surface area contributed by atoms with Crippen LogP contribution >= 0.6 is 0 Å². The summed E-state index contributed by atoms with van der Waals surface area (Å²) in [5.41, 5.74) is 12.7. The zero-order valence-corrected chi connectivity index (χ0v) is 25.9. The number of para-hydroxylation sites is 1. The zero-order chi connectivity index (χ0) is 32.0. The Labute approximate surface area is 257 Å². The van der Waals surface area contributed by atoms with Crippen LogP contribution in [0.1, 0.15) is 64.8 Å². The molecule has 0 saturated carbocycles. The quantitative estimate of drug-likeness (QED) is 0.160. The number of benzene rings is 2. The summed E-state index contributed by atoms with van der Waals surface area (Å²) in [5, 5.41) is 31.7. The molecule has 226 valence electrons. The van der Waals surface area contributed by atoms with Gasteiger partial charge in [-0.3, -0.25) is 15.0 Å². The molecule has 44 heavy (non-hydrogen) atoms. The second-order valence-electron chi connectivity index (χ2n) is 10.7. The van der Waals surface area contributed by atoms with Gasteiger partial charge in [0.15, 0.2) is 0 Å². The van der Waals surface area contributed by atoms with Crippen molar-refractivity contribution in [2.45, 2.75) is 53.4 Å². The van der Waals surface area contributed by atoms with Crippen LogP contribution in [0.2, 0.25) is 0 Å². The highest BCUT2D eigenvalue weighted by Gasteiger charge is 2.12. The number of pyridine rings is 4. The van der Waals surface area contributed by atoms with E-state index in [1.54, 1.807) is 42.9 Å². The summed E-state index contributed by atoms with van der Waals surface area (Å²) >= 11 is 0. The Kier molecular flexibility index (Phi) is 9.95. The number of aromatic nitrogens is 4. The number of hydrogen-bond acceptors (Lipinski definition) is 8. The van der Waals surface area contributed by atoms with Gasteiger partial charge in [-0.25, -0.2) is 4.98 Å². The van der Waals surface area contributed by atoms with E-state index in [4.69, 9.17) is 5.73 Å². The molecule has 5 N–H and O–H groups in total. The molecule has 0 radical (unpaired) electrons. The molecule has 8 heteroatoms. The molecule has 0 atom stereocenters. The molecule has 0 aliphatic rings. The minimum absolute atomic E-state index is 0.165. The summed E-state index contributed by atoms with van der Waals surface area (Å²) in [6, 6.07) is 20.0. The molecule has 0 saturated heterocycles. The molecule has 0 spiro atoms. The second kappa shape index (κ2) is 13.8. The van der Waals surface area contributed by atoms with Crippen molar-refractivity contribution in [1.82, 2.24) is 19.9 Å². The van der Waals surface area contributed by atoms with Crippen molar-refractivity contribution < 1.29 is 15.3 Å². The average Bonchev–Trinajstić information content (AvgIpc) is 3.02. The van der Waals surface area contributed by atoms with Gasteiger partial charge in [0, 0.05) is 51.7 Å². The number of phenols is 1. The molecule has 0 aliphatic heterocycles. The van der Waals surface area contributed by atoms with E-state index in [9.17, 15) is 15.3 Å². The average molecular weight is 590 g/mol. The third kappa shape index (κ3) is 6.86. The largest absolute Gasteiger partial charge is 0.507 e. The fraction of sp³-hybridized carbons (Fsp3) is 0.222. The summed E-state index contributed by atoms with van der Waals surface area (Å²) < 4.78 is 0. The number of hydrogen-bond donors (Lipinski definition) is 4. The third-order valence-corrected chi connectivity index (χ3v) is 6.97. The van der Waals surface area contributed by atoms with Crippen molar-refractivity contribution in [3.63, 3.8) is 0 Å². The summed E-state index contributed by atoms with van der Waals surface area (Å²) in [5.74, 6) is 0.903. The lowest BCUT2D eigenvalue weighted by molar-refractivity contribution is 0.460. The molecule has 8 nitrogen and oxygen atoms in total. The predicted molar refractivity (Wildman–Crippen MR) is 179 cm³/mol. The SMILES string of the molecule is CC.CC(C)c1ncc(-c2cc(N)c3ccccc3n2)cc1O.CC(C)c1ncc(-c2cnc3cccc(O)c3c2)cc1O. The topological polar surface area (TPSA) is 138 Å². The maximum Gasteiger partial charge on any atom is 0.138 e. The first-order valence-electron chi connectivity index (χ1n) is 14.7. The maximum absolute atomic E-state index is 10.1. The fourth-order valence-electron chi connectivity index (χ4n) is 4.76. The van der Waals surface area contributed by atoms with E-state index in [1.165, 1.54) is 0 Å². The van der Waals surface area contributed by atoms with Crippen molar-refractivity contribution in [3.05, 3.63) is 96.7 Å². The van der Waals surface area contributed by atoms with E-state index in [0.717, 1.165) is 33.1 Å². The second-order valence-corrected chi connectivity index (χ2v) is 10.7. The van der Waals surface area contributed by atoms with Crippen LogP contribution in [0.5, 0.6) is 17.2 Å². The van der Waals surface area contributed by atoms with Crippen LogP contribution in [-0.4, -0.2) is 35.3 Å². The first-order chi connectivity index (χ1) is 21.1. The van der Waals surface area contributed by atoms with Gasteiger partial charge in [0.2, 0.25) is 0 Å². The van der Waals surface area contributed by atoms with Gasteiger partial charge in [-0.1, -0.05) is 65.8 Å². The first-order valence-corrected chi connectivity index (χ1v) is 14.7. The third-order valence-electron chi connectivity index (χ3n) is 6.97. The number of rotatable bonds is 4. The van der Waals surface area contributed by atoms with E-state index in [2.05, 4.69) is 19.9 Å². The van der Waals surface area contributed by atoms with Crippen molar-refractivity contribution in [2.24, 2.45) is 0 Å². The number of anilines is 1. The van der Waals surface area contributed by atoms with Gasteiger partial charge in [0.1, 0.15) is 17.2 Å². The van der Waals surface area contributed by atoms with Gasteiger partial charge < -0.3 is 21.1 Å². The van der Waals surface area contributed by atoms with Gasteiger partial charge in [0.25, 0.3) is 0 Å². The smallest absolute Gasteiger partial charge is 0.138 e. The molecule has 4 aromatic heterocycles. The van der Waals surface area contributed by atoms with Crippen LogP contribution in [0.3, 0.4) is 0 Å². The Morgan fingerprint density at radius 2 is 1.11 bits per heavy atom. The Bertz CT molecular complexity index is 1900. The van der Waals surface area contributed by atoms with Crippen molar-refractivity contribution >= 4 is 27.5 Å². The minimum atomic E-state index is 0.165. The Morgan fingerprint density at radius 3 is 1.75 bits per heavy atom. The molecule has 4 heterocycles. The molecule has 0 amide bonds. The van der Waals surface area contributed by atoms with E-state index in [0.29, 0.717) is 28.2 Å².